The SMILES string of the molecule is CCCCCOc1ccc(C#Cc2ccc(OC(=O)C3CCC(CCCCC)CC3)cc2)c(F)c1F. The van der Waals surface area contributed by atoms with Crippen molar-refractivity contribution >= 4 is 5.97 Å². The number of carbonyl (C=O) groups is 1. The van der Waals surface area contributed by atoms with Crippen molar-refractivity contribution in [1.29, 1.82) is 0 Å². The van der Waals surface area contributed by atoms with E-state index in [1.165, 1.54) is 37.8 Å². The molecule has 0 radical (unpaired) electrons. The second-order valence-corrected chi connectivity index (χ2v) is 9.70. The first-order valence-corrected chi connectivity index (χ1v) is 13.5. The smallest absolute Gasteiger partial charge is 0.314 e. The van der Waals surface area contributed by atoms with E-state index < -0.39 is 11.6 Å². The lowest BCUT2D eigenvalue weighted by atomic mass is 9.80. The Labute approximate surface area is 214 Å². The summed E-state index contributed by atoms with van der Waals surface area (Å²) in [6, 6.07) is 9.62. The highest BCUT2D eigenvalue weighted by molar-refractivity contribution is 5.75. The zero-order chi connectivity index (χ0) is 25.8. The van der Waals surface area contributed by atoms with Crippen LogP contribution < -0.4 is 9.47 Å². The van der Waals surface area contributed by atoms with Gasteiger partial charge in [0.2, 0.25) is 5.82 Å². The molecule has 0 heterocycles. The molecule has 0 bridgehead atoms. The molecule has 1 aliphatic carbocycles. The number of ether oxygens (including phenoxy) is 2. The summed E-state index contributed by atoms with van der Waals surface area (Å²) in [7, 11) is 0. The Hall–Kier alpha value is -2.87. The summed E-state index contributed by atoms with van der Waals surface area (Å²) in [4.78, 5) is 12.6. The second-order valence-electron chi connectivity index (χ2n) is 9.70. The number of rotatable bonds is 11. The van der Waals surface area contributed by atoms with Crippen molar-refractivity contribution in [3.8, 4) is 23.3 Å². The van der Waals surface area contributed by atoms with Gasteiger partial charge in [0.1, 0.15) is 5.75 Å². The number of carbonyl (C=O) groups excluding carboxylic acids is 1. The molecule has 2 aromatic rings. The predicted molar refractivity (Wildman–Crippen MR) is 139 cm³/mol. The molecule has 0 aliphatic heterocycles. The maximum Gasteiger partial charge on any atom is 0.314 e. The van der Waals surface area contributed by atoms with Crippen LogP contribution in [-0.2, 0) is 4.79 Å². The Bertz CT molecular complexity index is 1030. The van der Waals surface area contributed by atoms with Gasteiger partial charge in [-0.2, -0.15) is 4.39 Å². The predicted octanol–water partition coefficient (Wildman–Crippen LogP) is 8.23. The summed E-state index contributed by atoms with van der Waals surface area (Å²) < 4.78 is 39.6. The Kier molecular flexibility index (Phi) is 11.3. The molecule has 194 valence electrons. The molecule has 0 atom stereocenters. The largest absolute Gasteiger partial charge is 0.490 e. The maximum atomic E-state index is 14.4. The van der Waals surface area contributed by atoms with Gasteiger partial charge in [-0.1, -0.05) is 64.2 Å². The minimum absolute atomic E-state index is 0.0331. The van der Waals surface area contributed by atoms with E-state index in [1.54, 1.807) is 24.3 Å². The minimum atomic E-state index is -1.02. The number of hydrogen-bond donors (Lipinski definition) is 0. The van der Waals surface area contributed by atoms with E-state index in [4.69, 9.17) is 9.47 Å². The quantitative estimate of drug-likeness (QED) is 0.136. The fraction of sp³-hybridized carbons (Fsp3) is 0.516. The molecule has 0 spiro atoms. The number of benzene rings is 2. The molecule has 0 unspecified atom stereocenters. The summed E-state index contributed by atoms with van der Waals surface area (Å²) >= 11 is 0. The molecule has 1 aliphatic rings. The fourth-order valence-corrected chi connectivity index (χ4v) is 4.59. The number of halogens is 2. The normalized spacial score (nSPS) is 17.2. The first-order chi connectivity index (χ1) is 17.5. The average molecular weight is 497 g/mol. The molecule has 0 saturated heterocycles. The molecule has 2 aromatic carbocycles. The fourth-order valence-electron chi connectivity index (χ4n) is 4.59. The van der Waals surface area contributed by atoms with Gasteiger partial charge in [-0.25, -0.2) is 4.39 Å². The van der Waals surface area contributed by atoms with Gasteiger partial charge >= 0.3 is 5.97 Å². The van der Waals surface area contributed by atoms with E-state index in [-0.39, 0.29) is 23.2 Å². The average Bonchev–Trinajstić information content (AvgIpc) is 2.90. The van der Waals surface area contributed by atoms with Crippen molar-refractivity contribution in [2.75, 3.05) is 6.61 Å². The van der Waals surface area contributed by atoms with E-state index in [0.29, 0.717) is 17.9 Å². The van der Waals surface area contributed by atoms with Gasteiger partial charge in [-0.05, 0) is 74.4 Å². The number of unbranched alkanes of at least 4 members (excludes halogenated alkanes) is 4. The summed E-state index contributed by atoms with van der Waals surface area (Å²) in [6.45, 7) is 4.64. The molecule has 3 nitrogen and oxygen atoms in total. The van der Waals surface area contributed by atoms with Gasteiger partial charge in [0.15, 0.2) is 11.6 Å². The molecule has 0 amide bonds. The third kappa shape index (κ3) is 8.36. The topological polar surface area (TPSA) is 35.5 Å². The van der Waals surface area contributed by atoms with Crippen molar-refractivity contribution in [2.45, 2.75) is 84.5 Å². The van der Waals surface area contributed by atoms with Crippen LogP contribution in [0.2, 0.25) is 0 Å². The number of esters is 1. The monoisotopic (exact) mass is 496 g/mol. The van der Waals surface area contributed by atoms with Gasteiger partial charge in [0, 0.05) is 5.56 Å². The lowest BCUT2D eigenvalue weighted by molar-refractivity contribution is -0.140. The van der Waals surface area contributed by atoms with Gasteiger partial charge in [-0.3, -0.25) is 4.79 Å². The summed E-state index contributed by atoms with van der Waals surface area (Å²) in [5, 5.41) is 0. The van der Waals surface area contributed by atoms with Crippen molar-refractivity contribution < 1.29 is 23.0 Å². The zero-order valence-electron chi connectivity index (χ0n) is 21.6. The van der Waals surface area contributed by atoms with Crippen molar-refractivity contribution in [3.05, 3.63) is 59.2 Å². The molecule has 0 N–H and O–H groups in total. The highest BCUT2D eigenvalue weighted by Gasteiger charge is 2.27. The van der Waals surface area contributed by atoms with Crippen LogP contribution in [0.15, 0.2) is 36.4 Å². The molecule has 5 heteroatoms. The summed E-state index contributed by atoms with van der Waals surface area (Å²) in [5.41, 5.74) is 0.580. The van der Waals surface area contributed by atoms with E-state index in [9.17, 15) is 13.6 Å². The van der Waals surface area contributed by atoms with Crippen LogP contribution in [0.1, 0.15) is 95.6 Å². The Balaban J connectivity index is 1.51. The molecule has 1 fully saturated rings. The number of hydrogen-bond acceptors (Lipinski definition) is 3. The first kappa shape index (κ1) is 27.7. The van der Waals surface area contributed by atoms with Crippen LogP contribution >= 0.6 is 0 Å². The first-order valence-electron chi connectivity index (χ1n) is 13.5. The molecule has 3 rings (SSSR count). The van der Waals surface area contributed by atoms with E-state index in [0.717, 1.165) is 50.9 Å². The Morgan fingerprint density at radius 2 is 1.56 bits per heavy atom. The van der Waals surface area contributed by atoms with Gasteiger partial charge < -0.3 is 9.47 Å². The summed E-state index contributed by atoms with van der Waals surface area (Å²) in [5.74, 6) is 4.40. The van der Waals surface area contributed by atoms with Crippen molar-refractivity contribution in [2.24, 2.45) is 11.8 Å². The third-order valence-corrected chi connectivity index (χ3v) is 6.86. The maximum absolute atomic E-state index is 14.4. The lowest BCUT2D eigenvalue weighted by Gasteiger charge is -2.27. The van der Waals surface area contributed by atoms with Gasteiger partial charge in [0.05, 0.1) is 18.1 Å². The van der Waals surface area contributed by atoms with Gasteiger partial charge in [0.25, 0.3) is 0 Å². The van der Waals surface area contributed by atoms with Gasteiger partial charge in [-0.15, -0.1) is 0 Å². The molecular formula is C31H38F2O3. The standard InChI is InChI=1S/C31H38F2O3/c1-3-5-7-9-23-11-16-26(17-12-23)31(34)36-27-19-13-24(14-20-27)10-15-25-18-21-28(30(33)29(25)32)35-22-8-6-4-2/h13-14,18-21,23,26H,3-9,11-12,16-17,22H2,1-2H3. The van der Waals surface area contributed by atoms with Crippen LogP contribution in [0.25, 0.3) is 0 Å². The van der Waals surface area contributed by atoms with Crippen LogP contribution in [0.5, 0.6) is 11.5 Å². The summed E-state index contributed by atoms with van der Waals surface area (Å²) in [6.07, 6.45) is 11.9. The molecular weight excluding hydrogens is 458 g/mol. The molecule has 1 saturated carbocycles. The lowest BCUT2D eigenvalue weighted by Crippen LogP contribution is -2.25. The molecule has 36 heavy (non-hydrogen) atoms. The van der Waals surface area contributed by atoms with Crippen LogP contribution in [0.3, 0.4) is 0 Å². The zero-order valence-corrected chi connectivity index (χ0v) is 21.6. The van der Waals surface area contributed by atoms with Crippen LogP contribution in [-0.4, -0.2) is 12.6 Å². The highest BCUT2D eigenvalue weighted by atomic mass is 19.2. The van der Waals surface area contributed by atoms with E-state index >= 15 is 0 Å². The Morgan fingerprint density at radius 3 is 2.25 bits per heavy atom. The second kappa shape index (κ2) is 14.6. The van der Waals surface area contributed by atoms with E-state index in [1.807, 2.05) is 0 Å². The highest BCUT2D eigenvalue weighted by Crippen LogP contribution is 2.33. The Morgan fingerprint density at radius 1 is 0.861 bits per heavy atom. The third-order valence-electron chi connectivity index (χ3n) is 6.86. The van der Waals surface area contributed by atoms with Crippen LogP contribution in [0, 0.1) is 35.3 Å². The van der Waals surface area contributed by atoms with E-state index in [2.05, 4.69) is 25.7 Å². The van der Waals surface area contributed by atoms with Crippen molar-refractivity contribution in [1.82, 2.24) is 0 Å². The minimum Gasteiger partial charge on any atom is -0.490 e. The van der Waals surface area contributed by atoms with Crippen LogP contribution in [0.4, 0.5) is 8.78 Å². The molecule has 0 aromatic heterocycles. The van der Waals surface area contributed by atoms with Crippen molar-refractivity contribution in [3.63, 3.8) is 0 Å².